The van der Waals surface area contributed by atoms with E-state index in [1.54, 1.807) is 16.6 Å². The molecule has 2 aromatic carbocycles. The summed E-state index contributed by atoms with van der Waals surface area (Å²) in [6.45, 7) is 0. The van der Waals surface area contributed by atoms with Crippen LogP contribution in [0.1, 0.15) is 0 Å². The zero-order chi connectivity index (χ0) is 17.9. The Morgan fingerprint density at radius 2 is 1.68 bits per heavy atom. The highest BCUT2D eigenvalue weighted by Gasteiger charge is 2.28. The SMILES string of the molecule is COC(=O)CS(=O)(=O)c1pn(-c2ccccc2)nc1-c1ccccc1. The topological polar surface area (TPSA) is 78.3 Å². The van der Waals surface area contributed by atoms with E-state index in [1.165, 1.54) is 0 Å². The minimum absolute atomic E-state index is 0.0907. The summed E-state index contributed by atoms with van der Waals surface area (Å²) in [5, 5.41) is 4.48. The van der Waals surface area contributed by atoms with Crippen molar-refractivity contribution in [2.75, 3.05) is 12.9 Å². The Labute approximate surface area is 147 Å². The molecule has 6 nitrogen and oxygen atoms in total. The molecule has 0 unspecified atom stereocenters. The van der Waals surface area contributed by atoms with E-state index in [4.69, 9.17) is 0 Å². The van der Waals surface area contributed by atoms with Crippen LogP contribution in [-0.4, -0.2) is 36.8 Å². The number of carbonyl (C=O) groups is 1. The molecule has 3 aromatic rings. The quantitative estimate of drug-likeness (QED) is 0.642. The van der Waals surface area contributed by atoms with Crippen molar-refractivity contribution in [3.8, 4) is 16.9 Å². The lowest BCUT2D eigenvalue weighted by molar-refractivity contribution is -0.137. The summed E-state index contributed by atoms with van der Waals surface area (Å²) >= 11 is 0. The molecular formula is C17H15N2O4PS. The maximum Gasteiger partial charge on any atom is 0.321 e. The van der Waals surface area contributed by atoms with Crippen molar-refractivity contribution in [3.05, 3.63) is 60.7 Å². The van der Waals surface area contributed by atoms with Gasteiger partial charge in [0.15, 0.2) is 15.6 Å². The van der Waals surface area contributed by atoms with Gasteiger partial charge in [0.05, 0.1) is 21.1 Å². The molecule has 25 heavy (non-hydrogen) atoms. The van der Waals surface area contributed by atoms with E-state index in [1.807, 2.05) is 48.5 Å². The fourth-order valence-electron chi connectivity index (χ4n) is 2.24. The van der Waals surface area contributed by atoms with Gasteiger partial charge in [-0.2, -0.15) is 5.10 Å². The lowest BCUT2D eigenvalue weighted by atomic mass is 10.2. The summed E-state index contributed by atoms with van der Waals surface area (Å²) in [5.41, 5.74) is 1.78. The third-order valence-electron chi connectivity index (χ3n) is 3.45. The summed E-state index contributed by atoms with van der Waals surface area (Å²) in [7, 11) is -2.31. The third kappa shape index (κ3) is 3.78. The number of aromatic nitrogens is 2. The van der Waals surface area contributed by atoms with Crippen molar-refractivity contribution in [2.24, 2.45) is 0 Å². The summed E-state index contributed by atoms with van der Waals surface area (Å²) in [6.07, 6.45) is 0. The van der Waals surface area contributed by atoms with Crippen molar-refractivity contribution < 1.29 is 17.9 Å². The lowest BCUT2D eigenvalue weighted by Crippen LogP contribution is -2.17. The van der Waals surface area contributed by atoms with Crippen molar-refractivity contribution in [3.63, 3.8) is 0 Å². The van der Waals surface area contributed by atoms with Crippen LogP contribution in [0.15, 0.2) is 65.3 Å². The van der Waals surface area contributed by atoms with Gasteiger partial charge in [-0.15, -0.1) is 0 Å². The first-order valence-electron chi connectivity index (χ1n) is 7.39. The molecule has 0 aliphatic rings. The normalized spacial score (nSPS) is 11.6. The maximum atomic E-state index is 12.7. The first-order valence-corrected chi connectivity index (χ1v) is 9.89. The van der Waals surface area contributed by atoms with Crippen LogP contribution in [0.25, 0.3) is 16.9 Å². The van der Waals surface area contributed by atoms with Gasteiger partial charge in [-0.05, 0) is 12.1 Å². The van der Waals surface area contributed by atoms with Crippen LogP contribution in [0.2, 0.25) is 0 Å². The number of sulfone groups is 1. The van der Waals surface area contributed by atoms with Crippen molar-refractivity contribution in [1.29, 1.82) is 0 Å². The highest BCUT2D eigenvalue weighted by molar-refractivity contribution is 7.94. The van der Waals surface area contributed by atoms with E-state index >= 15 is 0 Å². The van der Waals surface area contributed by atoms with Crippen LogP contribution in [-0.2, 0) is 19.4 Å². The first kappa shape index (κ1) is 17.3. The predicted octanol–water partition coefficient (Wildman–Crippen LogP) is 3.07. The number of hydrogen-bond donors (Lipinski definition) is 0. The molecule has 0 N–H and O–H groups in total. The molecule has 1 heterocycles. The van der Waals surface area contributed by atoms with E-state index in [0.29, 0.717) is 19.6 Å². The highest BCUT2D eigenvalue weighted by atomic mass is 32.2. The van der Waals surface area contributed by atoms with Crippen LogP contribution >= 0.6 is 8.35 Å². The summed E-state index contributed by atoms with van der Waals surface area (Å²) in [5.74, 6) is -1.51. The molecule has 0 amide bonds. The van der Waals surface area contributed by atoms with Gasteiger partial charge in [-0.1, -0.05) is 48.5 Å². The van der Waals surface area contributed by atoms with E-state index in [-0.39, 0.29) is 4.63 Å². The Morgan fingerprint density at radius 3 is 2.28 bits per heavy atom. The summed E-state index contributed by atoms with van der Waals surface area (Å²) in [6, 6.07) is 18.3. The zero-order valence-electron chi connectivity index (χ0n) is 13.4. The highest BCUT2D eigenvalue weighted by Crippen LogP contribution is 2.35. The second-order valence-electron chi connectivity index (χ2n) is 5.18. The van der Waals surface area contributed by atoms with Crippen molar-refractivity contribution in [1.82, 2.24) is 9.54 Å². The summed E-state index contributed by atoms with van der Waals surface area (Å²) < 4.78 is 31.6. The number of benzene rings is 2. The fourth-order valence-corrected chi connectivity index (χ4v) is 5.00. The molecule has 128 valence electrons. The molecule has 0 saturated carbocycles. The number of para-hydroxylation sites is 1. The van der Waals surface area contributed by atoms with Gasteiger partial charge in [-0.25, -0.2) is 12.9 Å². The number of hydrogen-bond acceptors (Lipinski definition) is 5. The van der Waals surface area contributed by atoms with Crippen LogP contribution in [0.5, 0.6) is 0 Å². The molecular weight excluding hydrogens is 359 g/mol. The molecule has 1 aromatic heterocycles. The van der Waals surface area contributed by atoms with Crippen molar-refractivity contribution in [2.45, 2.75) is 4.63 Å². The minimum atomic E-state index is -3.85. The Bertz CT molecular complexity index is 986. The molecule has 8 heteroatoms. The largest absolute Gasteiger partial charge is 0.468 e. The second kappa shape index (κ2) is 7.17. The van der Waals surface area contributed by atoms with Gasteiger partial charge in [0, 0.05) is 5.56 Å². The Morgan fingerprint density at radius 1 is 1.08 bits per heavy atom. The molecule has 0 aliphatic carbocycles. The molecule has 0 spiro atoms. The number of ether oxygens (including phenoxy) is 1. The number of nitrogens with zero attached hydrogens (tertiary/aromatic N) is 2. The first-order chi connectivity index (χ1) is 12.0. The molecule has 0 fully saturated rings. The van der Waals surface area contributed by atoms with Gasteiger partial charge >= 0.3 is 5.97 Å². The Kier molecular flexibility index (Phi) is 4.97. The second-order valence-corrected chi connectivity index (χ2v) is 8.44. The van der Waals surface area contributed by atoms with Gasteiger partial charge in [0.2, 0.25) is 0 Å². The molecule has 0 saturated heterocycles. The lowest BCUT2D eigenvalue weighted by Gasteiger charge is -2.03. The minimum Gasteiger partial charge on any atom is -0.468 e. The van der Waals surface area contributed by atoms with Crippen molar-refractivity contribution >= 4 is 24.2 Å². The Hall–Kier alpha value is -2.50. The fraction of sp³-hybridized carbons (Fsp3) is 0.118. The average Bonchev–Trinajstić information content (AvgIpc) is 3.09. The van der Waals surface area contributed by atoms with Gasteiger partial charge < -0.3 is 4.74 Å². The summed E-state index contributed by atoms with van der Waals surface area (Å²) in [4.78, 5) is 11.5. The van der Waals surface area contributed by atoms with Crippen LogP contribution in [0.3, 0.4) is 0 Å². The Balaban J connectivity index is 2.16. The third-order valence-corrected chi connectivity index (χ3v) is 6.83. The molecule has 0 aliphatic heterocycles. The van der Waals surface area contributed by atoms with Gasteiger partial charge in [-0.3, -0.25) is 4.79 Å². The number of rotatable bonds is 5. The maximum absolute atomic E-state index is 12.7. The zero-order valence-corrected chi connectivity index (χ0v) is 15.1. The monoisotopic (exact) mass is 374 g/mol. The number of methoxy groups -OCH3 is 1. The van der Waals surface area contributed by atoms with E-state index in [9.17, 15) is 13.2 Å². The smallest absolute Gasteiger partial charge is 0.321 e. The molecule has 3 rings (SSSR count). The van der Waals surface area contributed by atoms with Gasteiger partial charge in [0.1, 0.15) is 10.3 Å². The van der Waals surface area contributed by atoms with Gasteiger partial charge in [0.25, 0.3) is 0 Å². The standard InChI is InChI=1S/C17H15N2O4PS/c1-23-15(20)12-25(21,22)17-16(13-8-4-2-5-9-13)18-19(24-17)14-10-6-3-7-11-14/h2-11H,12H2,1H3. The number of carbonyl (C=O) groups excluding carboxylic acids is 1. The molecule has 0 atom stereocenters. The van der Waals surface area contributed by atoms with Crippen LogP contribution < -0.4 is 0 Å². The van der Waals surface area contributed by atoms with Crippen LogP contribution in [0.4, 0.5) is 0 Å². The van der Waals surface area contributed by atoms with E-state index < -0.39 is 21.6 Å². The van der Waals surface area contributed by atoms with E-state index in [0.717, 1.165) is 12.8 Å². The molecule has 0 bridgehead atoms. The predicted molar refractivity (Wildman–Crippen MR) is 95.6 cm³/mol. The molecule has 0 radical (unpaired) electrons. The van der Waals surface area contributed by atoms with Crippen LogP contribution in [0, 0.1) is 0 Å². The number of esters is 1. The average molecular weight is 374 g/mol. The van der Waals surface area contributed by atoms with E-state index in [2.05, 4.69) is 9.84 Å².